The number of nitrogens with zero attached hydrogens (tertiary/aromatic N) is 2. The predicted octanol–water partition coefficient (Wildman–Crippen LogP) is 5.08. The van der Waals surface area contributed by atoms with Gasteiger partial charge < -0.3 is 10.2 Å². The summed E-state index contributed by atoms with van der Waals surface area (Å²) in [6.07, 6.45) is 2.38. The van der Waals surface area contributed by atoms with Gasteiger partial charge in [0, 0.05) is 29.5 Å². The standard InChI is InChI=1S/C25H26ClN3O3S/c1-19-9-10-20(26)17-24(19)29(33(31,32)23-7-3-2-4-8-23)18-25(30)27-21-11-13-22(14-12-21)28-15-5-6-16-28/h2-4,7-14,17H,5-6,15-16,18H2,1H3,(H,27,30). The summed E-state index contributed by atoms with van der Waals surface area (Å²) in [7, 11) is -3.99. The molecule has 1 amide bonds. The Hall–Kier alpha value is -3.03. The highest BCUT2D eigenvalue weighted by Crippen LogP contribution is 2.29. The van der Waals surface area contributed by atoms with E-state index in [0.29, 0.717) is 22.0 Å². The zero-order chi connectivity index (χ0) is 23.4. The Labute approximate surface area is 199 Å². The molecule has 0 aromatic heterocycles. The molecule has 3 aromatic rings. The maximum absolute atomic E-state index is 13.5. The molecule has 0 bridgehead atoms. The van der Waals surface area contributed by atoms with Crippen LogP contribution in [0.3, 0.4) is 0 Å². The smallest absolute Gasteiger partial charge is 0.264 e. The minimum absolute atomic E-state index is 0.104. The number of carbonyl (C=O) groups is 1. The largest absolute Gasteiger partial charge is 0.372 e. The SMILES string of the molecule is Cc1ccc(Cl)cc1N(CC(=O)Nc1ccc(N2CCCC2)cc1)S(=O)(=O)c1ccccc1. The monoisotopic (exact) mass is 483 g/mol. The molecule has 6 nitrogen and oxygen atoms in total. The fraction of sp³-hybridized carbons (Fsp3) is 0.240. The molecule has 1 aliphatic heterocycles. The van der Waals surface area contributed by atoms with Gasteiger partial charge in [-0.15, -0.1) is 0 Å². The predicted molar refractivity (Wildman–Crippen MR) is 134 cm³/mol. The summed E-state index contributed by atoms with van der Waals surface area (Å²) in [5.74, 6) is -0.442. The van der Waals surface area contributed by atoms with Crippen molar-refractivity contribution < 1.29 is 13.2 Å². The Morgan fingerprint density at radius 2 is 1.67 bits per heavy atom. The maximum Gasteiger partial charge on any atom is 0.264 e. The molecule has 0 aliphatic carbocycles. The first-order valence-corrected chi connectivity index (χ1v) is 12.7. The van der Waals surface area contributed by atoms with Crippen molar-refractivity contribution in [1.82, 2.24) is 0 Å². The van der Waals surface area contributed by atoms with Gasteiger partial charge in [0.25, 0.3) is 10.0 Å². The average molecular weight is 484 g/mol. The molecule has 0 saturated carbocycles. The molecule has 4 rings (SSSR count). The number of anilines is 3. The second-order valence-corrected chi connectivity index (χ2v) is 10.3. The number of hydrogen-bond donors (Lipinski definition) is 1. The highest BCUT2D eigenvalue weighted by Gasteiger charge is 2.28. The summed E-state index contributed by atoms with van der Waals surface area (Å²) < 4.78 is 28.1. The van der Waals surface area contributed by atoms with E-state index in [-0.39, 0.29) is 11.4 Å². The molecular weight excluding hydrogens is 458 g/mol. The Morgan fingerprint density at radius 3 is 2.33 bits per heavy atom. The Morgan fingerprint density at radius 1 is 1.00 bits per heavy atom. The van der Waals surface area contributed by atoms with Crippen molar-refractivity contribution in [1.29, 1.82) is 0 Å². The lowest BCUT2D eigenvalue weighted by molar-refractivity contribution is -0.114. The fourth-order valence-electron chi connectivity index (χ4n) is 3.93. The second kappa shape index (κ2) is 9.85. The lowest BCUT2D eigenvalue weighted by Gasteiger charge is -2.26. The second-order valence-electron chi connectivity index (χ2n) is 8.04. The lowest BCUT2D eigenvalue weighted by atomic mass is 10.2. The van der Waals surface area contributed by atoms with Crippen LogP contribution in [0.15, 0.2) is 77.7 Å². The quantitative estimate of drug-likeness (QED) is 0.508. The van der Waals surface area contributed by atoms with Crippen LogP contribution >= 0.6 is 11.6 Å². The van der Waals surface area contributed by atoms with Crippen molar-refractivity contribution in [3.8, 4) is 0 Å². The minimum Gasteiger partial charge on any atom is -0.372 e. The Kier molecular flexibility index (Phi) is 6.91. The van der Waals surface area contributed by atoms with Crippen LogP contribution in [-0.2, 0) is 14.8 Å². The van der Waals surface area contributed by atoms with Crippen LogP contribution < -0.4 is 14.5 Å². The van der Waals surface area contributed by atoms with E-state index in [2.05, 4.69) is 10.2 Å². The van der Waals surface area contributed by atoms with Crippen molar-refractivity contribution >= 4 is 44.6 Å². The maximum atomic E-state index is 13.5. The zero-order valence-electron chi connectivity index (χ0n) is 18.4. The number of sulfonamides is 1. The van der Waals surface area contributed by atoms with Crippen molar-refractivity contribution in [3.05, 3.63) is 83.4 Å². The van der Waals surface area contributed by atoms with Gasteiger partial charge >= 0.3 is 0 Å². The summed E-state index contributed by atoms with van der Waals surface area (Å²) in [5.41, 5.74) is 2.80. The fourth-order valence-corrected chi connectivity index (χ4v) is 5.60. The van der Waals surface area contributed by atoms with Gasteiger partial charge in [0.05, 0.1) is 10.6 Å². The molecule has 0 unspecified atom stereocenters. The van der Waals surface area contributed by atoms with Gasteiger partial charge in [0.1, 0.15) is 6.54 Å². The molecule has 33 heavy (non-hydrogen) atoms. The van der Waals surface area contributed by atoms with Gasteiger partial charge in [-0.05, 0) is 73.9 Å². The molecule has 0 radical (unpaired) electrons. The van der Waals surface area contributed by atoms with Crippen molar-refractivity contribution in [2.75, 3.05) is 34.2 Å². The molecule has 0 spiro atoms. The molecule has 8 heteroatoms. The molecule has 3 aromatic carbocycles. The average Bonchev–Trinajstić information content (AvgIpc) is 3.35. The van der Waals surface area contributed by atoms with Gasteiger partial charge in [-0.2, -0.15) is 0 Å². The van der Waals surface area contributed by atoms with Crippen molar-refractivity contribution in [3.63, 3.8) is 0 Å². The van der Waals surface area contributed by atoms with Crippen LogP contribution in [0.1, 0.15) is 18.4 Å². The summed E-state index contributed by atoms with van der Waals surface area (Å²) in [5, 5.41) is 3.21. The Balaban J connectivity index is 1.58. The van der Waals surface area contributed by atoms with Crippen LogP contribution in [0.4, 0.5) is 17.1 Å². The highest BCUT2D eigenvalue weighted by molar-refractivity contribution is 7.92. The van der Waals surface area contributed by atoms with E-state index < -0.39 is 15.9 Å². The number of hydrogen-bond acceptors (Lipinski definition) is 4. The molecule has 1 saturated heterocycles. The number of carbonyl (C=O) groups excluding carboxylic acids is 1. The number of amides is 1. The molecule has 1 aliphatic rings. The van der Waals surface area contributed by atoms with E-state index in [1.54, 1.807) is 43.3 Å². The van der Waals surface area contributed by atoms with Gasteiger partial charge in [0.2, 0.25) is 5.91 Å². The molecule has 1 heterocycles. The summed E-state index contributed by atoms with van der Waals surface area (Å²) in [6, 6.07) is 20.7. The van der Waals surface area contributed by atoms with E-state index in [1.165, 1.54) is 25.0 Å². The molecule has 0 atom stereocenters. The number of aryl methyl sites for hydroxylation is 1. The third-order valence-electron chi connectivity index (χ3n) is 5.68. The topological polar surface area (TPSA) is 69.7 Å². The molecular formula is C25H26ClN3O3S. The van der Waals surface area contributed by atoms with Gasteiger partial charge in [0.15, 0.2) is 0 Å². The first-order chi connectivity index (χ1) is 15.8. The van der Waals surface area contributed by atoms with E-state index in [0.717, 1.165) is 23.1 Å². The number of rotatable bonds is 7. The van der Waals surface area contributed by atoms with E-state index in [4.69, 9.17) is 11.6 Å². The van der Waals surface area contributed by atoms with Gasteiger partial charge in [-0.25, -0.2) is 8.42 Å². The Bertz CT molecular complexity index is 1230. The number of benzene rings is 3. The van der Waals surface area contributed by atoms with E-state index in [9.17, 15) is 13.2 Å². The van der Waals surface area contributed by atoms with Crippen molar-refractivity contribution in [2.24, 2.45) is 0 Å². The van der Waals surface area contributed by atoms with E-state index in [1.807, 2.05) is 24.3 Å². The summed E-state index contributed by atoms with van der Waals surface area (Å²) >= 11 is 6.17. The molecule has 172 valence electrons. The van der Waals surface area contributed by atoms with Gasteiger partial charge in [-0.3, -0.25) is 9.10 Å². The first-order valence-electron chi connectivity index (χ1n) is 10.8. The van der Waals surface area contributed by atoms with Gasteiger partial charge in [-0.1, -0.05) is 35.9 Å². The molecule has 1 fully saturated rings. The number of halogens is 1. The molecule has 1 N–H and O–H groups in total. The minimum atomic E-state index is -3.99. The third-order valence-corrected chi connectivity index (χ3v) is 7.69. The summed E-state index contributed by atoms with van der Waals surface area (Å²) in [6.45, 7) is 3.48. The van der Waals surface area contributed by atoms with Crippen LogP contribution in [-0.4, -0.2) is 34.0 Å². The van der Waals surface area contributed by atoms with Crippen LogP contribution in [0.2, 0.25) is 5.02 Å². The van der Waals surface area contributed by atoms with Crippen LogP contribution in [0.5, 0.6) is 0 Å². The summed E-state index contributed by atoms with van der Waals surface area (Å²) in [4.78, 5) is 15.4. The third kappa shape index (κ3) is 5.31. The number of nitrogens with one attached hydrogen (secondary N) is 1. The lowest BCUT2D eigenvalue weighted by Crippen LogP contribution is -2.38. The van der Waals surface area contributed by atoms with Crippen LogP contribution in [0.25, 0.3) is 0 Å². The van der Waals surface area contributed by atoms with Crippen molar-refractivity contribution in [2.45, 2.75) is 24.7 Å². The van der Waals surface area contributed by atoms with E-state index >= 15 is 0 Å². The zero-order valence-corrected chi connectivity index (χ0v) is 19.9. The highest BCUT2D eigenvalue weighted by atomic mass is 35.5. The van der Waals surface area contributed by atoms with Crippen LogP contribution in [0, 0.1) is 6.92 Å². The normalized spacial score (nSPS) is 13.7. The first kappa shape index (κ1) is 23.1.